The lowest BCUT2D eigenvalue weighted by atomic mass is 10.0. The van der Waals surface area contributed by atoms with E-state index >= 15 is 0 Å². The number of rotatable bonds is 3. The molecule has 1 aliphatic heterocycles. The van der Waals surface area contributed by atoms with Crippen molar-refractivity contribution in [2.75, 3.05) is 11.4 Å². The van der Waals surface area contributed by atoms with Crippen molar-refractivity contribution in [1.29, 1.82) is 0 Å². The normalized spacial score (nSPS) is 22.1. The van der Waals surface area contributed by atoms with Crippen LogP contribution in [0.15, 0.2) is 18.2 Å². The topological polar surface area (TPSA) is 29.3 Å². The molecule has 1 heterocycles. The molecule has 19 heavy (non-hydrogen) atoms. The van der Waals surface area contributed by atoms with Crippen LogP contribution in [0, 0.1) is 5.82 Å². The van der Waals surface area contributed by atoms with Gasteiger partial charge >= 0.3 is 0 Å². The predicted octanol–water partition coefficient (Wildman–Crippen LogP) is 4.00. The summed E-state index contributed by atoms with van der Waals surface area (Å²) in [4.78, 5) is 2.26. The Morgan fingerprint density at radius 2 is 2.16 bits per heavy atom. The molecule has 3 heteroatoms. The number of hydrogen-bond donors (Lipinski definition) is 1. The van der Waals surface area contributed by atoms with Crippen LogP contribution < -0.4 is 10.6 Å². The highest BCUT2D eigenvalue weighted by atomic mass is 19.1. The van der Waals surface area contributed by atoms with Gasteiger partial charge in [0.2, 0.25) is 0 Å². The van der Waals surface area contributed by atoms with Gasteiger partial charge in [-0.1, -0.05) is 31.9 Å². The van der Waals surface area contributed by atoms with E-state index in [2.05, 4.69) is 11.8 Å². The molecule has 0 radical (unpaired) electrons. The van der Waals surface area contributed by atoms with Crippen molar-refractivity contribution in [2.24, 2.45) is 5.73 Å². The number of para-hydroxylation sites is 1. The highest BCUT2D eigenvalue weighted by molar-refractivity contribution is 5.57. The Morgan fingerprint density at radius 1 is 1.37 bits per heavy atom. The van der Waals surface area contributed by atoms with Gasteiger partial charge in [-0.3, -0.25) is 0 Å². The summed E-state index contributed by atoms with van der Waals surface area (Å²) in [6.45, 7) is 5.06. The minimum atomic E-state index is -0.133. The van der Waals surface area contributed by atoms with Crippen molar-refractivity contribution in [3.63, 3.8) is 0 Å². The Labute approximate surface area is 115 Å². The second kappa shape index (κ2) is 6.38. The number of benzene rings is 1. The standard InChI is InChI=1S/C16H25FN2/c1-3-13-8-5-4-6-11-19(13)16-14(12(2)18)9-7-10-15(16)17/h7,9-10,12-13H,3-6,8,11,18H2,1-2H3/t12-,13?/m1/s1. The quantitative estimate of drug-likeness (QED) is 0.894. The number of hydrogen-bond acceptors (Lipinski definition) is 2. The van der Waals surface area contributed by atoms with Gasteiger partial charge in [0.1, 0.15) is 5.82 Å². The monoisotopic (exact) mass is 264 g/mol. The molecule has 1 unspecified atom stereocenters. The van der Waals surface area contributed by atoms with Gasteiger partial charge < -0.3 is 10.6 Å². The third-order valence-corrected chi connectivity index (χ3v) is 4.14. The van der Waals surface area contributed by atoms with Crippen LogP contribution in [0.1, 0.15) is 57.6 Å². The van der Waals surface area contributed by atoms with Crippen molar-refractivity contribution < 1.29 is 4.39 Å². The Morgan fingerprint density at radius 3 is 2.84 bits per heavy atom. The van der Waals surface area contributed by atoms with Crippen LogP contribution in [-0.4, -0.2) is 12.6 Å². The van der Waals surface area contributed by atoms with E-state index in [1.54, 1.807) is 12.1 Å². The fraction of sp³-hybridized carbons (Fsp3) is 0.625. The first kappa shape index (κ1) is 14.3. The molecule has 0 aromatic heterocycles. The summed E-state index contributed by atoms with van der Waals surface area (Å²) in [5.41, 5.74) is 7.70. The maximum Gasteiger partial charge on any atom is 0.146 e. The molecule has 2 N–H and O–H groups in total. The van der Waals surface area contributed by atoms with Crippen LogP contribution in [0.2, 0.25) is 0 Å². The van der Waals surface area contributed by atoms with Crippen LogP contribution in [-0.2, 0) is 0 Å². The third-order valence-electron chi connectivity index (χ3n) is 4.14. The molecule has 1 aliphatic rings. The minimum absolute atomic E-state index is 0.129. The van der Waals surface area contributed by atoms with E-state index in [-0.39, 0.29) is 11.9 Å². The summed E-state index contributed by atoms with van der Waals surface area (Å²) in [6.07, 6.45) is 5.85. The lowest BCUT2D eigenvalue weighted by molar-refractivity contribution is 0.536. The van der Waals surface area contributed by atoms with E-state index in [1.165, 1.54) is 12.8 Å². The number of nitrogens with zero attached hydrogens (tertiary/aromatic N) is 1. The van der Waals surface area contributed by atoms with Crippen molar-refractivity contribution >= 4 is 5.69 Å². The fourth-order valence-corrected chi connectivity index (χ4v) is 3.10. The molecule has 1 aromatic rings. The zero-order valence-electron chi connectivity index (χ0n) is 12.0. The summed E-state index contributed by atoms with van der Waals surface area (Å²) in [5, 5.41) is 0. The highest BCUT2D eigenvalue weighted by Gasteiger charge is 2.25. The molecule has 106 valence electrons. The van der Waals surface area contributed by atoms with Gasteiger partial charge in [0.25, 0.3) is 0 Å². The summed E-state index contributed by atoms with van der Waals surface area (Å²) in [7, 11) is 0. The second-order valence-electron chi connectivity index (χ2n) is 5.57. The van der Waals surface area contributed by atoms with Gasteiger partial charge in [0.05, 0.1) is 5.69 Å². The number of anilines is 1. The van der Waals surface area contributed by atoms with Crippen LogP contribution in [0.25, 0.3) is 0 Å². The molecule has 1 saturated heterocycles. The zero-order valence-corrected chi connectivity index (χ0v) is 12.0. The molecular formula is C16H25FN2. The molecule has 2 rings (SSSR count). The molecule has 0 bridgehead atoms. The largest absolute Gasteiger partial charge is 0.366 e. The first-order valence-corrected chi connectivity index (χ1v) is 7.45. The fourth-order valence-electron chi connectivity index (χ4n) is 3.10. The van der Waals surface area contributed by atoms with Crippen molar-refractivity contribution in [2.45, 2.75) is 58.0 Å². The van der Waals surface area contributed by atoms with E-state index < -0.39 is 0 Å². The molecule has 0 aliphatic carbocycles. The van der Waals surface area contributed by atoms with Crippen LogP contribution >= 0.6 is 0 Å². The predicted molar refractivity (Wildman–Crippen MR) is 78.9 cm³/mol. The smallest absolute Gasteiger partial charge is 0.146 e. The van der Waals surface area contributed by atoms with Gasteiger partial charge in [-0.15, -0.1) is 0 Å². The maximum absolute atomic E-state index is 14.3. The molecule has 1 fully saturated rings. The summed E-state index contributed by atoms with van der Waals surface area (Å²) in [6, 6.07) is 5.58. The molecule has 0 spiro atoms. The Balaban J connectivity index is 2.42. The lowest BCUT2D eigenvalue weighted by Gasteiger charge is -2.34. The molecular weight excluding hydrogens is 239 g/mol. The summed E-state index contributed by atoms with van der Waals surface area (Å²) in [5.74, 6) is -0.129. The highest BCUT2D eigenvalue weighted by Crippen LogP contribution is 2.33. The first-order chi connectivity index (χ1) is 9.15. The maximum atomic E-state index is 14.3. The van der Waals surface area contributed by atoms with E-state index in [0.29, 0.717) is 6.04 Å². The molecule has 2 atom stereocenters. The third kappa shape index (κ3) is 3.08. The van der Waals surface area contributed by atoms with E-state index in [0.717, 1.165) is 37.1 Å². The van der Waals surface area contributed by atoms with Crippen LogP contribution in [0.4, 0.5) is 10.1 Å². The van der Waals surface area contributed by atoms with E-state index in [1.807, 2.05) is 13.0 Å². The Kier molecular flexibility index (Phi) is 4.81. The molecule has 0 amide bonds. The van der Waals surface area contributed by atoms with Crippen LogP contribution in [0.3, 0.4) is 0 Å². The van der Waals surface area contributed by atoms with Crippen LogP contribution in [0.5, 0.6) is 0 Å². The SMILES string of the molecule is CCC1CCCCCN1c1c(F)cccc1[C@@H](C)N. The van der Waals surface area contributed by atoms with Gasteiger partial charge in [0.15, 0.2) is 0 Å². The molecule has 1 aromatic carbocycles. The van der Waals surface area contributed by atoms with E-state index in [4.69, 9.17) is 5.73 Å². The van der Waals surface area contributed by atoms with Crippen molar-refractivity contribution in [1.82, 2.24) is 0 Å². The number of halogens is 1. The minimum Gasteiger partial charge on any atom is -0.366 e. The number of nitrogens with two attached hydrogens (primary N) is 1. The molecule has 0 saturated carbocycles. The average molecular weight is 264 g/mol. The zero-order chi connectivity index (χ0) is 13.8. The summed E-state index contributed by atoms with van der Waals surface area (Å²) < 4.78 is 14.3. The van der Waals surface area contributed by atoms with Gasteiger partial charge in [-0.05, 0) is 37.8 Å². The second-order valence-corrected chi connectivity index (χ2v) is 5.57. The first-order valence-electron chi connectivity index (χ1n) is 7.45. The van der Waals surface area contributed by atoms with Gasteiger partial charge in [-0.2, -0.15) is 0 Å². The van der Waals surface area contributed by atoms with Crippen molar-refractivity contribution in [3.8, 4) is 0 Å². The molecule has 2 nitrogen and oxygen atoms in total. The van der Waals surface area contributed by atoms with E-state index in [9.17, 15) is 4.39 Å². The van der Waals surface area contributed by atoms with Crippen molar-refractivity contribution in [3.05, 3.63) is 29.6 Å². The average Bonchev–Trinajstić information content (AvgIpc) is 2.63. The Bertz CT molecular complexity index is 417. The Hall–Kier alpha value is -1.09. The summed E-state index contributed by atoms with van der Waals surface area (Å²) >= 11 is 0. The van der Waals surface area contributed by atoms with Gasteiger partial charge in [-0.25, -0.2) is 4.39 Å². The lowest BCUT2D eigenvalue weighted by Crippen LogP contribution is -2.36. The van der Waals surface area contributed by atoms with Gasteiger partial charge in [0, 0.05) is 18.6 Å².